The molecule has 2 rings (SSSR count). The molecule has 0 aromatic heterocycles. The first-order valence-corrected chi connectivity index (χ1v) is 5.70. The maximum absolute atomic E-state index is 9.41. The molecule has 14 heavy (non-hydrogen) atoms. The van der Waals surface area contributed by atoms with Gasteiger partial charge in [-0.1, -0.05) is 6.07 Å². The zero-order chi connectivity index (χ0) is 10.1. The topological polar surface area (TPSA) is 23.5 Å². The smallest absolute Gasteiger partial charge is 0.0762 e. The number of benzene rings is 1. The fraction of sp³-hybridized carbons (Fsp3) is 0.455. The Bertz CT molecular complexity index is 334. The van der Waals surface area contributed by atoms with Crippen LogP contribution in [-0.4, -0.2) is 18.2 Å². The molecule has 3 heteroatoms. The van der Waals surface area contributed by atoms with Crippen LogP contribution in [0.1, 0.15) is 25.0 Å². The molecule has 0 amide bonds. The molecule has 1 aromatic rings. The van der Waals surface area contributed by atoms with Crippen molar-refractivity contribution in [3.05, 3.63) is 28.2 Å². The molecule has 2 nitrogen and oxygen atoms in total. The standard InChI is InChI=1S/C11H14BrNO/c1-8(14)9-3-4-11(10(12)7-9)13-5-2-6-13/h3-4,7-8,14H,2,5-6H2,1H3/t8-/m0/s1. The van der Waals surface area contributed by atoms with Crippen molar-refractivity contribution in [2.45, 2.75) is 19.4 Å². The van der Waals surface area contributed by atoms with Gasteiger partial charge >= 0.3 is 0 Å². The Morgan fingerprint density at radius 1 is 1.43 bits per heavy atom. The van der Waals surface area contributed by atoms with Gasteiger partial charge in [-0.2, -0.15) is 0 Å². The van der Waals surface area contributed by atoms with Gasteiger partial charge in [-0.05, 0) is 47.0 Å². The average molecular weight is 256 g/mol. The van der Waals surface area contributed by atoms with Crippen LogP contribution in [0.2, 0.25) is 0 Å². The van der Waals surface area contributed by atoms with Crippen LogP contribution in [0, 0.1) is 0 Å². The monoisotopic (exact) mass is 255 g/mol. The van der Waals surface area contributed by atoms with Crippen LogP contribution in [-0.2, 0) is 0 Å². The van der Waals surface area contributed by atoms with E-state index in [4.69, 9.17) is 0 Å². The van der Waals surface area contributed by atoms with E-state index in [1.807, 2.05) is 12.1 Å². The number of hydrogen-bond acceptors (Lipinski definition) is 2. The first-order valence-electron chi connectivity index (χ1n) is 4.91. The lowest BCUT2D eigenvalue weighted by Crippen LogP contribution is -2.37. The zero-order valence-electron chi connectivity index (χ0n) is 8.20. The maximum atomic E-state index is 9.41. The Hall–Kier alpha value is -0.540. The number of hydrogen-bond donors (Lipinski definition) is 1. The highest BCUT2D eigenvalue weighted by Gasteiger charge is 2.17. The molecule has 0 aliphatic carbocycles. The molecule has 1 aromatic carbocycles. The molecule has 76 valence electrons. The quantitative estimate of drug-likeness (QED) is 0.879. The Kier molecular flexibility index (Phi) is 2.79. The second kappa shape index (κ2) is 3.91. The van der Waals surface area contributed by atoms with Crippen molar-refractivity contribution >= 4 is 21.6 Å². The summed E-state index contributed by atoms with van der Waals surface area (Å²) in [5.41, 5.74) is 2.20. The van der Waals surface area contributed by atoms with Crippen molar-refractivity contribution in [3.63, 3.8) is 0 Å². The Labute approximate surface area is 92.7 Å². The van der Waals surface area contributed by atoms with Crippen molar-refractivity contribution in [2.24, 2.45) is 0 Å². The molecule has 0 radical (unpaired) electrons. The van der Waals surface area contributed by atoms with E-state index in [0.717, 1.165) is 23.1 Å². The van der Waals surface area contributed by atoms with Gasteiger partial charge in [0.05, 0.1) is 11.8 Å². The van der Waals surface area contributed by atoms with Crippen LogP contribution in [0.5, 0.6) is 0 Å². The number of halogens is 1. The summed E-state index contributed by atoms with van der Waals surface area (Å²) in [4.78, 5) is 2.33. The molecular weight excluding hydrogens is 242 g/mol. The summed E-state index contributed by atoms with van der Waals surface area (Å²) in [5.74, 6) is 0. The lowest BCUT2D eigenvalue weighted by molar-refractivity contribution is 0.199. The molecule has 1 heterocycles. The third-order valence-corrected chi connectivity index (χ3v) is 3.29. The predicted octanol–water partition coefficient (Wildman–Crippen LogP) is 2.71. The zero-order valence-corrected chi connectivity index (χ0v) is 9.79. The fourth-order valence-electron chi connectivity index (χ4n) is 1.60. The van der Waals surface area contributed by atoms with Crippen LogP contribution in [0.3, 0.4) is 0 Å². The second-order valence-corrected chi connectivity index (χ2v) is 4.58. The third kappa shape index (κ3) is 1.79. The Morgan fingerprint density at radius 2 is 2.14 bits per heavy atom. The van der Waals surface area contributed by atoms with E-state index >= 15 is 0 Å². The van der Waals surface area contributed by atoms with Gasteiger partial charge in [0.25, 0.3) is 0 Å². The minimum atomic E-state index is -0.392. The van der Waals surface area contributed by atoms with E-state index in [9.17, 15) is 5.11 Å². The van der Waals surface area contributed by atoms with Gasteiger partial charge in [-0.3, -0.25) is 0 Å². The Morgan fingerprint density at radius 3 is 2.57 bits per heavy atom. The average Bonchev–Trinajstić information content (AvgIpc) is 2.04. The van der Waals surface area contributed by atoms with Gasteiger partial charge in [0.2, 0.25) is 0 Å². The molecule has 0 spiro atoms. The molecule has 0 unspecified atom stereocenters. The van der Waals surface area contributed by atoms with Crippen LogP contribution < -0.4 is 4.90 Å². The summed E-state index contributed by atoms with van der Waals surface area (Å²) in [6.07, 6.45) is 0.890. The van der Waals surface area contributed by atoms with Gasteiger partial charge in [-0.15, -0.1) is 0 Å². The lowest BCUT2D eigenvalue weighted by Gasteiger charge is -2.34. The first kappa shape index (κ1) is 9.99. The van der Waals surface area contributed by atoms with Gasteiger partial charge < -0.3 is 10.0 Å². The first-order chi connectivity index (χ1) is 6.68. The molecule has 1 atom stereocenters. The third-order valence-electron chi connectivity index (χ3n) is 2.65. The number of nitrogens with zero attached hydrogens (tertiary/aromatic N) is 1. The summed E-state index contributed by atoms with van der Waals surface area (Å²) in [7, 11) is 0. The van der Waals surface area contributed by atoms with Crippen molar-refractivity contribution in [1.82, 2.24) is 0 Å². The molecule has 1 fully saturated rings. The summed E-state index contributed by atoms with van der Waals surface area (Å²) < 4.78 is 1.08. The fourth-order valence-corrected chi connectivity index (χ4v) is 2.24. The summed E-state index contributed by atoms with van der Waals surface area (Å²) >= 11 is 3.54. The van der Waals surface area contributed by atoms with Gasteiger partial charge in [0.1, 0.15) is 0 Å². The van der Waals surface area contributed by atoms with E-state index in [-0.39, 0.29) is 0 Å². The summed E-state index contributed by atoms with van der Waals surface area (Å²) in [5, 5.41) is 9.41. The largest absolute Gasteiger partial charge is 0.389 e. The highest BCUT2D eigenvalue weighted by atomic mass is 79.9. The minimum Gasteiger partial charge on any atom is -0.389 e. The van der Waals surface area contributed by atoms with E-state index in [0.29, 0.717) is 0 Å². The van der Waals surface area contributed by atoms with E-state index in [2.05, 4.69) is 26.9 Å². The molecule has 0 saturated carbocycles. The summed E-state index contributed by atoms with van der Waals surface area (Å²) in [6, 6.07) is 6.06. The maximum Gasteiger partial charge on any atom is 0.0762 e. The van der Waals surface area contributed by atoms with Crippen molar-refractivity contribution in [2.75, 3.05) is 18.0 Å². The van der Waals surface area contributed by atoms with E-state index < -0.39 is 6.10 Å². The minimum absolute atomic E-state index is 0.392. The van der Waals surface area contributed by atoms with Crippen molar-refractivity contribution < 1.29 is 5.11 Å². The summed E-state index contributed by atoms with van der Waals surface area (Å²) in [6.45, 7) is 4.07. The Balaban J connectivity index is 2.26. The van der Waals surface area contributed by atoms with Gasteiger partial charge in [-0.25, -0.2) is 0 Å². The van der Waals surface area contributed by atoms with E-state index in [1.165, 1.54) is 12.1 Å². The highest BCUT2D eigenvalue weighted by molar-refractivity contribution is 9.10. The van der Waals surface area contributed by atoms with Crippen LogP contribution in [0.4, 0.5) is 5.69 Å². The second-order valence-electron chi connectivity index (χ2n) is 3.73. The van der Waals surface area contributed by atoms with Crippen LogP contribution >= 0.6 is 15.9 Å². The van der Waals surface area contributed by atoms with E-state index in [1.54, 1.807) is 6.92 Å². The van der Waals surface area contributed by atoms with Crippen molar-refractivity contribution in [3.8, 4) is 0 Å². The molecule has 1 saturated heterocycles. The van der Waals surface area contributed by atoms with Gasteiger partial charge in [0.15, 0.2) is 0 Å². The molecular formula is C11H14BrNO. The SMILES string of the molecule is C[C@H](O)c1ccc(N2CCC2)c(Br)c1. The highest BCUT2D eigenvalue weighted by Crippen LogP contribution is 2.31. The van der Waals surface area contributed by atoms with Crippen LogP contribution in [0.25, 0.3) is 0 Å². The predicted molar refractivity (Wildman–Crippen MR) is 61.6 cm³/mol. The molecule has 1 aliphatic rings. The van der Waals surface area contributed by atoms with Crippen molar-refractivity contribution in [1.29, 1.82) is 0 Å². The van der Waals surface area contributed by atoms with Crippen LogP contribution in [0.15, 0.2) is 22.7 Å². The number of rotatable bonds is 2. The number of anilines is 1. The normalized spacial score (nSPS) is 17.8. The number of aliphatic hydroxyl groups excluding tert-OH is 1. The number of aliphatic hydroxyl groups is 1. The molecule has 1 aliphatic heterocycles. The van der Waals surface area contributed by atoms with Gasteiger partial charge in [0, 0.05) is 17.6 Å². The molecule has 0 bridgehead atoms. The molecule has 1 N–H and O–H groups in total. The lowest BCUT2D eigenvalue weighted by atomic mass is 10.1.